The summed E-state index contributed by atoms with van der Waals surface area (Å²) in [5.41, 5.74) is 0.495. The summed E-state index contributed by atoms with van der Waals surface area (Å²) in [6, 6.07) is 10.2. The van der Waals surface area contributed by atoms with Crippen LogP contribution in [0.15, 0.2) is 63.9 Å². The zero-order valence-electron chi connectivity index (χ0n) is 16.4. The molecule has 2 heterocycles. The van der Waals surface area contributed by atoms with Crippen LogP contribution in [-0.2, 0) is 13.1 Å². The SMILES string of the molecule is Cc1oc2ccn(Cc3ccc(F)cc3)c(=O)c2c1C(=O)NCc1cc(F)ccc1F. The highest BCUT2D eigenvalue weighted by Crippen LogP contribution is 2.23. The molecule has 1 N–H and O–H groups in total. The first-order valence-electron chi connectivity index (χ1n) is 9.42. The van der Waals surface area contributed by atoms with Crippen molar-refractivity contribution in [1.82, 2.24) is 9.88 Å². The monoisotopic (exact) mass is 426 g/mol. The van der Waals surface area contributed by atoms with E-state index in [1.807, 2.05) is 0 Å². The van der Waals surface area contributed by atoms with Crippen molar-refractivity contribution in [1.29, 1.82) is 0 Å². The van der Waals surface area contributed by atoms with Crippen molar-refractivity contribution in [3.63, 3.8) is 0 Å². The Labute approximate surface area is 174 Å². The minimum atomic E-state index is -0.655. The van der Waals surface area contributed by atoms with E-state index in [0.717, 1.165) is 18.2 Å². The number of nitrogens with one attached hydrogen (secondary N) is 1. The molecule has 2 aromatic carbocycles. The number of rotatable bonds is 5. The van der Waals surface area contributed by atoms with E-state index in [9.17, 15) is 22.8 Å². The second-order valence-electron chi connectivity index (χ2n) is 7.07. The van der Waals surface area contributed by atoms with Gasteiger partial charge < -0.3 is 14.3 Å². The number of aryl methyl sites for hydroxylation is 1. The van der Waals surface area contributed by atoms with Gasteiger partial charge in [0, 0.05) is 18.3 Å². The fraction of sp³-hybridized carbons (Fsp3) is 0.130. The molecule has 2 aromatic heterocycles. The maximum Gasteiger partial charge on any atom is 0.262 e. The molecular formula is C23H17F3N2O3. The Kier molecular flexibility index (Phi) is 5.37. The van der Waals surface area contributed by atoms with Gasteiger partial charge in [-0.2, -0.15) is 0 Å². The van der Waals surface area contributed by atoms with E-state index in [1.165, 1.54) is 22.9 Å². The average Bonchev–Trinajstić information content (AvgIpc) is 3.09. The average molecular weight is 426 g/mol. The summed E-state index contributed by atoms with van der Waals surface area (Å²) in [6.07, 6.45) is 1.53. The summed E-state index contributed by atoms with van der Waals surface area (Å²) < 4.78 is 47.3. The van der Waals surface area contributed by atoms with Crippen LogP contribution in [0.3, 0.4) is 0 Å². The number of carbonyl (C=O) groups is 1. The second-order valence-corrected chi connectivity index (χ2v) is 7.07. The molecule has 4 aromatic rings. The van der Waals surface area contributed by atoms with Crippen LogP contribution >= 0.6 is 0 Å². The van der Waals surface area contributed by atoms with E-state index in [-0.39, 0.29) is 46.8 Å². The topological polar surface area (TPSA) is 64.2 Å². The lowest BCUT2D eigenvalue weighted by Crippen LogP contribution is -2.26. The minimum absolute atomic E-state index is 0.0208. The molecule has 158 valence electrons. The molecule has 5 nitrogen and oxygen atoms in total. The second kappa shape index (κ2) is 8.14. The number of pyridine rings is 1. The van der Waals surface area contributed by atoms with Crippen molar-refractivity contribution in [2.75, 3.05) is 0 Å². The molecule has 4 rings (SSSR count). The molecule has 1 amide bonds. The highest BCUT2D eigenvalue weighted by atomic mass is 19.1. The van der Waals surface area contributed by atoms with Gasteiger partial charge in [0.05, 0.1) is 17.5 Å². The number of fused-ring (bicyclic) bond motifs is 1. The number of amides is 1. The standard InChI is InChI=1S/C23H17F3N2O3/c1-13-20(22(29)27-11-15-10-17(25)6-7-18(15)26)21-19(31-13)8-9-28(23(21)30)12-14-2-4-16(24)5-3-14/h2-10H,11-12H2,1H3,(H,27,29). The van der Waals surface area contributed by atoms with Crippen LogP contribution in [0.1, 0.15) is 27.2 Å². The van der Waals surface area contributed by atoms with Gasteiger partial charge in [0.25, 0.3) is 11.5 Å². The fourth-order valence-corrected chi connectivity index (χ4v) is 3.39. The van der Waals surface area contributed by atoms with Crippen molar-refractivity contribution >= 4 is 16.9 Å². The Balaban J connectivity index is 1.66. The van der Waals surface area contributed by atoms with E-state index < -0.39 is 23.1 Å². The van der Waals surface area contributed by atoms with Crippen molar-refractivity contribution in [2.45, 2.75) is 20.0 Å². The summed E-state index contributed by atoms with van der Waals surface area (Å²) in [4.78, 5) is 25.8. The molecule has 0 atom stereocenters. The van der Waals surface area contributed by atoms with Gasteiger partial charge in [0.2, 0.25) is 0 Å². The first-order valence-corrected chi connectivity index (χ1v) is 9.42. The number of hydrogen-bond donors (Lipinski definition) is 1. The van der Waals surface area contributed by atoms with E-state index >= 15 is 0 Å². The molecule has 0 aliphatic rings. The molecule has 0 fully saturated rings. The van der Waals surface area contributed by atoms with Crippen molar-refractivity contribution in [2.24, 2.45) is 0 Å². The Morgan fingerprint density at radius 2 is 1.74 bits per heavy atom. The third kappa shape index (κ3) is 4.09. The first-order chi connectivity index (χ1) is 14.8. The maximum atomic E-state index is 13.8. The first kappa shape index (κ1) is 20.5. The maximum absolute atomic E-state index is 13.8. The van der Waals surface area contributed by atoms with Gasteiger partial charge >= 0.3 is 0 Å². The van der Waals surface area contributed by atoms with E-state index in [2.05, 4.69) is 5.32 Å². The lowest BCUT2D eigenvalue weighted by atomic mass is 10.1. The number of aromatic nitrogens is 1. The molecule has 0 saturated heterocycles. The molecule has 0 saturated carbocycles. The molecule has 0 aliphatic heterocycles. The molecule has 0 unspecified atom stereocenters. The van der Waals surface area contributed by atoms with E-state index in [0.29, 0.717) is 5.56 Å². The highest BCUT2D eigenvalue weighted by molar-refractivity contribution is 6.06. The number of benzene rings is 2. The van der Waals surface area contributed by atoms with Crippen molar-refractivity contribution in [3.05, 3.63) is 105 Å². The minimum Gasteiger partial charge on any atom is -0.460 e. The van der Waals surface area contributed by atoms with Gasteiger partial charge in [-0.3, -0.25) is 9.59 Å². The Hall–Kier alpha value is -3.81. The number of furan rings is 1. The van der Waals surface area contributed by atoms with Crippen LogP contribution in [0, 0.1) is 24.4 Å². The quantitative estimate of drug-likeness (QED) is 0.518. The smallest absolute Gasteiger partial charge is 0.262 e. The molecule has 0 spiro atoms. The molecule has 0 aliphatic carbocycles. The Morgan fingerprint density at radius 3 is 2.48 bits per heavy atom. The van der Waals surface area contributed by atoms with Gasteiger partial charge in [-0.05, 0) is 48.9 Å². The summed E-state index contributed by atoms with van der Waals surface area (Å²) >= 11 is 0. The number of carbonyl (C=O) groups excluding carboxylic acids is 1. The predicted molar refractivity (Wildman–Crippen MR) is 108 cm³/mol. The summed E-state index contributed by atoms with van der Waals surface area (Å²) in [5, 5.41) is 2.59. The third-order valence-corrected chi connectivity index (χ3v) is 4.93. The van der Waals surface area contributed by atoms with Crippen LogP contribution in [0.2, 0.25) is 0 Å². The lowest BCUT2D eigenvalue weighted by molar-refractivity contribution is 0.0950. The fourth-order valence-electron chi connectivity index (χ4n) is 3.39. The van der Waals surface area contributed by atoms with Crippen LogP contribution in [0.25, 0.3) is 11.0 Å². The van der Waals surface area contributed by atoms with Crippen LogP contribution in [0.4, 0.5) is 13.2 Å². The predicted octanol–water partition coefficient (Wildman–Crippen LogP) is 4.30. The Bertz CT molecular complexity index is 1340. The molecule has 8 heteroatoms. The van der Waals surface area contributed by atoms with Gasteiger partial charge in [-0.25, -0.2) is 13.2 Å². The number of nitrogens with zero attached hydrogens (tertiary/aromatic N) is 1. The van der Waals surface area contributed by atoms with E-state index in [4.69, 9.17) is 4.42 Å². The molecular weight excluding hydrogens is 409 g/mol. The summed E-state index contributed by atoms with van der Waals surface area (Å²) in [7, 11) is 0. The normalized spacial score (nSPS) is 11.1. The largest absolute Gasteiger partial charge is 0.460 e. The van der Waals surface area contributed by atoms with Gasteiger partial charge in [-0.15, -0.1) is 0 Å². The van der Waals surface area contributed by atoms with Crippen LogP contribution in [0.5, 0.6) is 0 Å². The third-order valence-electron chi connectivity index (χ3n) is 4.93. The van der Waals surface area contributed by atoms with Gasteiger partial charge in [0.15, 0.2) is 0 Å². The van der Waals surface area contributed by atoms with Crippen molar-refractivity contribution < 1.29 is 22.4 Å². The van der Waals surface area contributed by atoms with Gasteiger partial charge in [0.1, 0.15) is 28.8 Å². The summed E-state index contributed by atoms with van der Waals surface area (Å²) in [6.45, 7) is 1.46. The van der Waals surface area contributed by atoms with Crippen LogP contribution < -0.4 is 10.9 Å². The van der Waals surface area contributed by atoms with Crippen LogP contribution in [-0.4, -0.2) is 10.5 Å². The molecule has 0 bridgehead atoms. The van der Waals surface area contributed by atoms with Gasteiger partial charge in [-0.1, -0.05) is 12.1 Å². The lowest BCUT2D eigenvalue weighted by Gasteiger charge is -2.08. The molecule has 31 heavy (non-hydrogen) atoms. The molecule has 0 radical (unpaired) electrons. The summed E-state index contributed by atoms with van der Waals surface area (Å²) in [5.74, 6) is -2.08. The number of hydrogen-bond acceptors (Lipinski definition) is 3. The zero-order valence-corrected chi connectivity index (χ0v) is 16.4. The zero-order chi connectivity index (χ0) is 22.1. The van der Waals surface area contributed by atoms with E-state index in [1.54, 1.807) is 25.1 Å². The van der Waals surface area contributed by atoms with Crippen molar-refractivity contribution in [3.8, 4) is 0 Å². The Morgan fingerprint density at radius 1 is 1.03 bits per heavy atom. The highest BCUT2D eigenvalue weighted by Gasteiger charge is 2.22. The number of halogens is 3.